The molecule has 0 aliphatic carbocycles. The van der Waals surface area contributed by atoms with Crippen LogP contribution in [0, 0.1) is 13.8 Å². The van der Waals surface area contributed by atoms with Crippen LogP contribution in [0.4, 0.5) is 0 Å². The first-order valence-corrected chi connectivity index (χ1v) is 6.90. The van der Waals surface area contributed by atoms with Crippen LogP contribution in [0.3, 0.4) is 0 Å². The van der Waals surface area contributed by atoms with Crippen molar-refractivity contribution in [3.8, 4) is 0 Å². The SMILES string of the molecule is Cc1cc(C)cc(C(=O)N2CCN(CCN)CC2)c1. The molecule has 1 aromatic carbocycles. The largest absolute Gasteiger partial charge is 0.336 e. The summed E-state index contributed by atoms with van der Waals surface area (Å²) < 4.78 is 0. The summed E-state index contributed by atoms with van der Waals surface area (Å²) in [6.07, 6.45) is 0. The molecule has 0 radical (unpaired) electrons. The van der Waals surface area contributed by atoms with Crippen LogP contribution in [0.1, 0.15) is 21.5 Å². The fourth-order valence-corrected chi connectivity index (χ4v) is 2.64. The van der Waals surface area contributed by atoms with Crippen molar-refractivity contribution in [2.24, 2.45) is 5.73 Å². The van der Waals surface area contributed by atoms with Crippen molar-refractivity contribution in [2.75, 3.05) is 39.3 Å². The first kappa shape index (κ1) is 14.0. The Bertz CT molecular complexity index is 430. The molecule has 19 heavy (non-hydrogen) atoms. The van der Waals surface area contributed by atoms with Gasteiger partial charge < -0.3 is 10.6 Å². The number of hydrogen-bond donors (Lipinski definition) is 1. The van der Waals surface area contributed by atoms with Gasteiger partial charge in [0.25, 0.3) is 5.91 Å². The zero-order valence-corrected chi connectivity index (χ0v) is 11.9. The number of nitrogens with zero attached hydrogens (tertiary/aromatic N) is 2. The Morgan fingerprint density at radius 3 is 2.21 bits per heavy atom. The van der Waals surface area contributed by atoms with E-state index >= 15 is 0 Å². The number of carbonyl (C=O) groups is 1. The summed E-state index contributed by atoms with van der Waals surface area (Å²) in [4.78, 5) is 16.7. The number of benzene rings is 1. The maximum absolute atomic E-state index is 12.5. The van der Waals surface area contributed by atoms with E-state index in [1.807, 2.05) is 30.9 Å². The third kappa shape index (κ3) is 3.55. The molecule has 1 amide bonds. The minimum absolute atomic E-state index is 0.152. The average Bonchev–Trinajstić information content (AvgIpc) is 2.38. The summed E-state index contributed by atoms with van der Waals surface area (Å²) in [5, 5.41) is 0. The van der Waals surface area contributed by atoms with E-state index in [1.165, 1.54) is 0 Å². The van der Waals surface area contributed by atoms with E-state index in [0.717, 1.165) is 49.4 Å². The van der Waals surface area contributed by atoms with Crippen LogP contribution >= 0.6 is 0 Å². The lowest BCUT2D eigenvalue weighted by atomic mass is 10.1. The number of piperazine rings is 1. The third-order valence-corrected chi connectivity index (χ3v) is 3.57. The molecule has 0 unspecified atom stereocenters. The number of nitrogens with two attached hydrogens (primary N) is 1. The van der Waals surface area contributed by atoms with E-state index < -0.39 is 0 Å². The maximum atomic E-state index is 12.5. The minimum Gasteiger partial charge on any atom is -0.336 e. The molecule has 0 spiro atoms. The van der Waals surface area contributed by atoms with E-state index in [-0.39, 0.29) is 5.91 Å². The molecule has 4 heteroatoms. The topological polar surface area (TPSA) is 49.6 Å². The van der Waals surface area contributed by atoms with Crippen molar-refractivity contribution >= 4 is 5.91 Å². The first-order chi connectivity index (χ1) is 9.10. The minimum atomic E-state index is 0.152. The van der Waals surface area contributed by atoms with Crippen molar-refractivity contribution in [1.82, 2.24) is 9.80 Å². The first-order valence-electron chi connectivity index (χ1n) is 6.90. The maximum Gasteiger partial charge on any atom is 0.253 e. The van der Waals surface area contributed by atoms with Gasteiger partial charge in [0, 0.05) is 44.8 Å². The normalized spacial score (nSPS) is 16.7. The second kappa shape index (κ2) is 6.17. The van der Waals surface area contributed by atoms with Crippen molar-refractivity contribution in [3.63, 3.8) is 0 Å². The summed E-state index contributed by atoms with van der Waals surface area (Å²) in [6.45, 7) is 9.11. The third-order valence-electron chi connectivity index (χ3n) is 3.57. The monoisotopic (exact) mass is 261 g/mol. The van der Waals surface area contributed by atoms with Crippen LogP contribution < -0.4 is 5.73 Å². The van der Waals surface area contributed by atoms with Gasteiger partial charge in [-0.05, 0) is 26.0 Å². The predicted molar refractivity (Wildman–Crippen MR) is 77.3 cm³/mol. The molecule has 1 saturated heterocycles. The molecule has 1 fully saturated rings. The van der Waals surface area contributed by atoms with Gasteiger partial charge in [0.1, 0.15) is 0 Å². The Balaban J connectivity index is 2.01. The van der Waals surface area contributed by atoms with Crippen LogP contribution in [0.2, 0.25) is 0 Å². The highest BCUT2D eigenvalue weighted by molar-refractivity contribution is 5.94. The van der Waals surface area contributed by atoms with Gasteiger partial charge in [-0.1, -0.05) is 17.2 Å². The second-order valence-corrected chi connectivity index (χ2v) is 5.30. The number of aryl methyl sites for hydroxylation is 2. The van der Waals surface area contributed by atoms with Gasteiger partial charge >= 0.3 is 0 Å². The van der Waals surface area contributed by atoms with E-state index in [4.69, 9.17) is 5.73 Å². The van der Waals surface area contributed by atoms with Crippen LogP contribution in [0.25, 0.3) is 0 Å². The lowest BCUT2D eigenvalue weighted by molar-refractivity contribution is 0.0641. The van der Waals surface area contributed by atoms with Gasteiger partial charge in [0.2, 0.25) is 0 Å². The lowest BCUT2D eigenvalue weighted by Crippen LogP contribution is -2.49. The van der Waals surface area contributed by atoms with Gasteiger partial charge in [0.05, 0.1) is 0 Å². The lowest BCUT2D eigenvalue weighted by Gasteiger charge is -2.34. The second-order valence-electron chi connectivity index (χ2n) is 5.30. The van der Waals surface area contributed by atoms with E-state index in [0.29, 0.717) is 6.54 Å². The number of rotatable bonds is 3. The van der Waals surface area contributed by atoms with E-state index in [2.05, 4.69) is 11.0 Å². The van der Waals surface area contributed by atoms with Gasteiger partial charge in [-0.3, -0.25) is 9.69 Å². The molecule has 104 valence electrons. The molecule has 1 aliphatic rings. The highest BCUT2D eigenvalue weighted by Crippen LogP contribution is 2.13. The standard InChI is InChI=1S/C15H23N3O/c1-12-9-13(2)11-14(10-12)15(19)18-7-5-17(4-3-16)6-8-18/h9-11H,3-8,16H2,1-2H3. The fourth-order valence-electron chi connectivity index (χ4n) is 2.64. The van der Waals surface area contributed by atoms with Crippen molar-refractivity contribution < 1.29 is 4.79 Å². The van der Waals surface area contributed by atoms with E-state index in [1.54, 1.807) is 0 Å². The van der Waals surface area contributed by atoms with Crippen LogP contribution in [-0.4, -0.2) is 55.0 Å². The molecule has 0 atom stereocenters. The molecular weight excluding hydrogens is 238 g/mol. The van der Waals surface area contributed by atoms with Gasteiger partial charge in [-0.2, -0.15) is 0 Å². The predicted octanol–water partition coefficient (Wildman–Crippen LogP) is 1.02. The highest BCUT2D eigenvalue weighted by Gasteiger charge is 2.21. The molecule has 0 saturated carbocycles. The molecule has 2 rings (SSSR count). The average molecular weight is 261 g/mol. The van der Waals surface area contributed by atoms with Crippen LogP contribution in [0.15, 0.2) is 18.2 Å². The Labute approximate surface area is 115 Å². The van der Waals surface area contributed by atoms with Gasteiger partial charge in [-0.25, -0.2) is 0 Å². The molecule has 2 N–H and O–H groups in total. The molecule has 1 aliphatic heterocycles. The van der Waals surface area contributed by atoms with Gasteiger partial charge in [0.15, 0.2) is 0 Å². The van der Waals surface area contributed by atoms with Crippen molar-refractivity contribution in [3.05, 3.63) is 34.9 Å². The molecule has 1 aromatic rings. The summed E-state index contributed by atoms with van der Waals surface area (Å²) >= 11 is 0. The highest BCUT2D eigenvalue weighted by atomic mass is 16.2. The van der Waals surface area contributed by atoms with Crippen molar-refractivity contribution in [1.29, 1.82) is 0 Å². The smallest absolute Gasteiger partial charge is 0.253 e. The van der Waals surface area contributed by atoms with Crippen LogP contribution in [0.5, 0.6) is 0 Å². The molecule has 0 bridgehead atoms. The molecule has 1 heterocycles. The van der Waals surface area contributed by atoms with Crippen molar-refractivity contribution in [2.45, 2.75) is 13.8 Å². The number of hydrogen-bond acceptors (Lipinski definition) is 3. The quantitative estimate of drug-likeness (QED) is 0.884. The van der Waals surface area contributed by atoms with E-state index in [9.17, 15) is 4.79 Å². The Morgan fingerprint density at radius 1 is 1.11 bits per heavy atom. The fraction of sp³-hybridized carbons (Fsp3) is 0.533. The molecule has 0 aromatic heterocycles. The Morgan fingerprint density at radius 2 is 1.68 bits per heavy atom. The number of amides is 1. The summed E-state index contributed by atoms with van der Waals surface area (Å²) in [7, 11) is 0. The van der Waals surface area contributed by atoms with Gasteiger partial charge in [-0.15, -0.1) is 0 Å². The summed E-state index contributed by atoms with van der Waals surface area (Å²) in [6, 6.07) is 6.04. The molecular formula is C15H23N3O. The number of carbonyl (C=O) groups excluding carboxylic acids is 1. The summed E-state index contributed by atoms with van der Waals surface area (Å²) in [5.74, 6) is 0.152. The Hall–Kier alpha value is -1.39. The van der Waals surface area contributed by atoms with Crippen LogP contribution in [-0.2, 0) is 0 Å². The summed E-state index contributed by atoms with van der Waals surface area (Å²) in [5.41, 5.74) is 8.65. The zero-order valence-electron chi connectivity index (χ0n) is 11.9. The molecule has 4 nitrogen and oxygen atoms in total. The zero-order chi connectivity index (χ0) is 13.8. The Kier molecular flexibility index (Phi) is 4.56.